The van der Waals surface area contributed by atoms with Crippen LogP contribution in [0.15, 0.2) is 22.9 Å². The summed E-state index contributed by atoms with van der Waals surface area (Å²) in [6.45, 7) is 7.69. The van der Waals surface area contributed by atoms with Gasteiger partial charge in [-0.1, -0.05) is 5.16 Å². The van der Waals surface area contributed by atoms with Crippen LogP contribution >= 0.6 is 0 Å². The van der Waals surface area contributed by atoms with Gasteiger partial charge in [-0.05, 0) is 6.92 Å². The van der Waals surface area contributed by atoms with E-state index in [0.717, 1.165) is 43.8 Å². The number of ether oxygens (including phenoxy) is 1. The van der Waals surface area contributed by atoms with Crippen LogP contribution in [0.25, 0.3) is 0 Å². The summed E-state index contributed by atoms with van der Waals surface area (Å²) in [5.74, 6) is 1.82. The molecular formula is C17H22N6O3. The van der Waals surface area contributed by atoms with Gasteiger partial charge < -0.3 is 24.0 Å². The lowest BCUT2D eigenvalue weighted by Gasteiger charge is -2.35. The van der Waals surface area contributed by atoms with Gasteiger partial charge in [-0.25, -0.2) is 4.98 Å². The monoisotopic (exact) mass is 358 g/mol. The third-order valence-corrected chi connectivity index (χ3v) is 4.66. The summed E-state index contributed by atoms with van der Waals surface area (Å²) in [5.41, 5.74) is 0.941. The van der Waals surface area contributed by atoms with Crippen LogP contribution in [0, 0.1) is 6.92 Å². The largest absolute Gasteiger partial charge is 0.378 e. The highest BCUT2D eigenvalue weighted by Gasteiger charge is 2.26. The Balaban J connectivity index is 1.44. The summed E-state index contributed by atoms with van der Waals surface area (Å²) in [6, 6.07) is 3.60. The molecule has 26 heavy (non-hydrogen) atoms. The van der Waals surface area contributed by atoms with Crippen molar-refractivity contribution in [3.05, 3.63) is 29.8 Å². The number of carbonyl (C=O) groups is 1. The van der Waals surface area contributed by atoms with Gasteiger partial charge in [0.2, 0.25) is 11.7 Å². The summed E-state index contributed by atoms with van der Waals surface area (Å²) in [7, 11) is 0. The molecule has 4 rings (SSSR count). The lowest BCUT2D eigenvalue weighted by molar-refractivity contribution is 0.0704. The van der Waals surface area contributed by atoms with E-state index >= 15 is 0 Å². The first kappa shape index (κ1) is 16.8. The van der Waals surface area contributed by atoms with Crippen LogP contribution in [0.4, 0.5) is 11.8 Å². The summed E-state index contributed by atoms with van der Waals surface area (Å²) in [5, 5.41) is 3.60. The van der Waals surface area contributed by atoms with Crippen molar-refractivity contribution in [2.75, 3.05) is 62.3 Å². The Kier molecular flexibility index (Phi) is 4.70. The van der Waals surface area contributed by atoms with E-state index in [1.165, 1.54) is 6.20 Å². The fourth-order valence-electron chi connectivity index (χ4n) is 3.22. The molecule has 0 bridgehead atoms. The van der Waals surface area contributed by atoms with E-state index in [1.807, 2.05) is 13.0 Å². The molecule has 9 nitrogen and oxygen atoms in total. The number of anilines is 2. The Morgan fingerprint density at radius 3 is 2.50 bits per heavy atom. The minimum atomic E-state index is -0.124. The predicted octanol–water partition coefficient (Wildman–Crippen LogP) is 0.572. The number of nitrogens with zero attached hydrogens (tertiary/aromatic N) is 6. The van der Waals surface area contributed by atoms with Crippen LogP contribution in [0.3, 0.4) is 0 Å². The SMILES string of the molecule is Cc1cc(N2CCOCC2)nc(N2CCN(C(=O)c3ccno3)CC2)n1. The zero-order valence-corrected chi connectivity index (χ0v) is 14.8. The highest BCUT2D eigenvalue weighted by molar-refractivity contribution is 5.91. The second-order valence-corrected chi connectivity index (χ2v) is 6.42. The first-order valence-corrected chi connectivity index (χ1v) is 8.84. The number of carbonyl (C=O) groups excluding carboxylic acids is 1. The van der Waals surface area contributed by atoms with E-state index in [9.17, 15) is 4.79 Å². The number of hydrogen-bond acceptors (Lipinski definition) is 8. The van der Waals surface area contributed by atoms with Crippen molar-refractivity contribution in [2.24, 2.45) is 0 Å². The maximum Gasteiger partial charge on any atom is 0.292 e. The van der Waals surface area contributed by atoms with Gasteiger partial charge in [0.1, 0.15) is 5.82 Å². The Bertz CT molecular complexity index is 752. The summed E-state index contributed by atoms with van der Waals surface area (Å²) in [4.78, 5) is 27.8. The molecule has 0 atom stereocenters. The lowest BCUT2D eigenvalue weighted by Crippen LogP contribution is -2.49. The van der Waals surface area contributed by atoms with Gasteiger partial charge in [0.15, 0.2) is 0 Å². The van der Waals surface area contributed by atoms with Gasteiger partial charge in [-0.2, -0.15) is 4.98 Å². The first-order chi connectivity index (χ1) is 12.7. The molecule has 2 aliphatic rings. The smallest absolute Gasteiger partial charge is 0.292 e. The Morgan fingerprint density at radius 2 is 1.81 bits per heavy atom. The molecule has 0 spiro atoms. The summed E-state index contributed by atoms with van der Waals surface area (Å²) < 4.78 is 10.4. The van der Waals surface area contributed by atoms with Crippen LogP contribution in [-0.2, 0) is 4.74 Å². The van der Waals surface area contributed by atoms with Crippen molar-refractivity contribution in [3.8, 4) is 0 Å². The molecule has 1 amide bonds. The molecule has 4 heterocycles. The second-order valence-electron chi connectivity index (χ2n) is 6.42. The van der Waals surface area contributed by atoms with Crippen LogP contribution < -0.4 is 9.80 Å². The topological polar surface area (TPSA) is 87.8 Å². The fourth-order valence-corrected chi connectivity index (χ4v) is 3.22. The summed E-state index contributed by atoms with van der Waals surface area (Å²) >= 11 is 0. The molecule has 2 aromatic rings. The molecular weight excluding hydrogens is 336 g/mol. The van der Waals surface area contributed by atoms with E-state index in [4.69, 9.17) is 14.2 Å². The van der Waals surface area contributed by atoms with Crippen molar-refractivity contribution in [1.82, 2.24) is 20.0 Å². The van der Waals surface area contributed by atoms with Gasteiger partial charge in [0.25, 0.3) is 5.91 Å². The quantitative estimate of drug-likeness (QED) is 0.787. The minimum absolute atomic E-state index is 0.124. The molecule has 0 saturated carbocycles. The molecule has 2 aliphatic heterocycles. The summed E-state index contributed by atoms with van der Waals surface area (Å²) in [6.07, 6.45) is 1.48. The van der Waals surface area contributed by atoms with Gasteiger partial charge in [-0.15, -0.1) is 0 Å². The molecule has 0 unspecified atom stereocenters. The van der Waals surface area contributed by atoms with E-state index in [0.29, 0.717) is 26.2 Å². The maximum atomic E-state index is 12.3. The van der Waals surface area contributed by atoms with Gasteiger partial charge in [0.05, 0.1) is 19.4 Å². The van der Waals surface area contributed by atoms with Crippen molar-refractivity contribution in [2.45, 2.75) is 6.92 Å². The van der Waals surface area contributed by atoms with Crippen LogP contribution in [0.2, 0.25) is 0 Å². The van der Waals surface area contributed by atoms with Crippen molar-refractivity contribution in [1.29, 1.82) is 0 Å². The number of rotatable bonds is 3. The zero-order valence-electron chi connectivity index (χ0n) is 14.8. The Morgan fingerprint density at radius 1 is 1.04 bits per heavy atom. The number of aryl methyl sites for hydroxylation is 1. The zero-order chi connectivity index (χ0) is 17.9. The average Bonchev–Trinajstić information content (AvgIpc) is 3.22. The van der Waals surface area contributed by atoms with Crippen LogP contribution in [0.5, 0.6) is 0 Å². The molecule has 138 valence electrons. The molecule has 0 aromatic carbocycles. The van der Waals surface area contributed by atoms with E-state index in [2.05, 4.69) is 19.9 Å². The maximum absolute atomic E-state index is 12.3. The van der Waals surface area contributed by atoms with E-state index < -0.39 is 0 Å². The highest BCUT2D eigenvalue weighted by atomic mass is 16.5. The molecule has 9 heteroatoms. The first-order valence-electron chi connectivity index (χ1n) is 8.84. The number of aromatic nitrogens is 3. The molecule has 2 saturated heterocycles. The number of amides is 1. The average molecular weight is 358 g/mol. The van der Waals surface area contributed by atoms with Crippen LogP contribution in [0.1, 0.15) is 16.2 Å². The fraction of sp³-hybridized carbons (Fsp3) is 0.529. The van der Waals surface area contributed by atoms with Gasteiger partial charge in [0, 0.05) is 57.1 Å². The molecule has 2 fully saturated rings. The minimum Gasteiger partial charge on any atom is -0.378 e. The molecule has 0 N–H and O–H groups in total. The number of piperazine rings is 1. The number of morpholine rings is 1. The predicted molar refractivity (Wildman–Crippen MR) is 94.4 cm³/mol. The van der Waals surface area contributed by atoms with Crippen LogP contribution in [-0.4, -0.2) is 78.4 Å². The molecule has 2 aromatic heterocycles. The Hall–Kier alpha value is -2.68. The lowest BCUT2D eigenvalue weighted by atomic mass is 10.3. The van der Waals surface area contributed by atoms with Crippen molar-refractivity contribution < 1.29 is 14.1 Å². The third kappa shape index (κ3) is 3.48. The van der Waals surface area contributed by atoms with E-state index in [1.54, 1.807) is 11.0 Å². The third-order valence-electron chi connectivity index (χ3n) is 4.66. The van der Waals surface area contributed by atoms with Gasteiger partial charge in [-0.3, -0.25) is 4.79 Å². The van der Waals surface area contributed by atoms with Crippen molar-refractivity contribution in [3.63, 3.8) is 0 Å². The standard InChI is InChI=1S/C17H22N6O3/c1-13-12-15(21-8-10-25-11-9-21)20-17(19-13)23-6-4-22(5-7-23)16(24)14-2-3-18-26-14/h2-3,12H,4-11H2,1H3. The molecule has 0 radical (unpaired) electrons. The highest BCUT2D eigenvalue weighted by Crippen LogP contribution is 2.20. The second kappa shape index (κ2) is 7.28. The molecule has 0 aliphatic carbocycles. The van der Waals surface area contributed by atoms with Gasteiger partial charge >= 0.3 is 0 Å². The van der Waals surface area contributed by atoms with Crippen molar-refractivity contribution >= 4 is 17.7 Å². The van der Waals surface area contributed by atoms with E-state index in [-0.39, 0.29) is 11.7 Å². The number of hydrogen-bond donors (Lipinski definition) is 0. The Labute approximate surface area is 151 Å². The normalized spacial score (nSPS) is 18.3.